The largest absolute Gasteiger partial charge is 0.394 e. The molecule has 0 amide bonds. The molecule has 20 heavy (non-hydrogen) atoms. The minimum atomic E-state index is -1.79. The Morgan fingerprint density at radius 3 is 3.00 bits per heavy atom. The number of aromatic nitrogens is 3. The van der Waals surface area contributed by atoms with Crippen LogP contribution >= 0.6 is 11.3 Å². The van der Waals surface area contributed by atoms with Crippen LogP contribution in [-0.2, 0) is 4.74 Å². The van der Waals surface area contributed by atoms with Gasteiger partial charge in [-0.2, -0.15) is 4.98 Å². The predicted molar refractivity (Wildman–Crippen MR) is 68.0 cm³/mol. The van der Waals surface area contributed by atoms with Gasteiger partial charge in [-0.1, -0.05) is 11.3 Å². The summed E-state index contributed by atoms with van der Waals surface area (Å²) < 4.78 is 20.4. The molecule has 0 bridgehead atoms. The standard InChI is InChI=1S/C10H11FN4O4S/c11-5-3(2-16)19-8(6(5)17)15-7-4(20-10(15)18)1-13-9(12)14-7/h1,3,5-6,8,16-17H,2H2,(H2,12,13,14)/t3-,5+,6-,8-/m1/s1. The van der Waals surface area contributed by atoms with Crippen molar-refractivity contribution < 1.29 is 19.3 Å². The van der Waals surface area contributed by atoms with Gasteiger partial charge in [0, 0.05) is 0 Å². The average Bonchev–Trinajstić information content (AvgIpc) is 2.88. The summed E-state index contributed by atoms with van der Waals surface area (Å²) in [5.74, 6) is -0.0490. The summed E-state index contributed by atoms with van der Waals surface area (Å²) >= 11 is 0.837. The average molecular weight is 302 g/mol. The van der Waals surface area contributed by atoms with Crippen LogP contribution < -0.4 is 10.6 Å². The third-order valence-corrected chi connectivity index (χ3v) is 3.98. The fraction of sp³-hybridized carbons (Fsp3) is 0.500. The van der Waals surface area contributed by atoms with Crippen LogP contribution in [0.4, 0.5) is 10.3 Å². The summed E-state index contributed by atoms with van der Waals surface area (Å²) in [7, 11) is 0. The van der Waals surface area contributed by atoms with Gasteiger partial charge in [0.25, 0.3) is 0 Å². The Kier molecular flexibility index (Phi) is 3.17. The lowest BCUT2D eigenvalue weighted by Gasteiger charge is -2.15. The van der Waals surface area contributed by atoms with E-state index < -0.39 is 36.1 Å². The number of hydrogen-bond donors (Lipinski definition) is 3. The van der Waals surface area contributed by atoms with Crippen LogP contribution in [0.1, 0.15) is 6.23 Å². The molecule has 0 saturated carbocycles. The maximum absolute atomic E-state index is 13.7. The molecule has 4 N–H and O–H groups in total. The number of thiazole rings is 1. The third kappa shape index (κ3) is 1.88. The van der Waals surface area contributed by atoms with Gasteiger partial charge in [-0.3, -0.25) is 9.36 Å². The molecule has 0 aromatic carbocycles. The summed E-state index contributed by atoms with van der Waals surface area (Å²) in [6.07, 6.45) is -4.42. The van der Waals surface area contributed by atoms with Gasteiger partial charge in [0.15, 0.2) is 18.0 Å². The van der Waals surface area contributed by atoms with Crippen molar-refractivity contribution in [2.45, 2.75) is 24.6 Å². The number of aliphatic hydroxyl groups is 2. The normalized spacial score (nSPS) is 30.1. The summed E-state index contributed by atoms with van der Waals surface area (Å²) in [5, 5.41) is 18.8. The lowest BCUT2D eigenvalue weighted by atomic mass is 10.1. The fourth-order valence-corrected chi connectivity index (χ4v) is 2.96. The number of hydrogen-bond acceptors (Lipinski definition) is 8. The Morgan fingerprint density at radius 1 is 1.60 bits per heavy atom. The monoisotopic (exact) mass is 302 g/mol. The minimum Gasteiger partial charge on any atom is -0.394 e. The molecule has 2 aromatic heterocycles. The van der Waals surface area contributed by atoms with E-state index in [2.05, 4.69) is 9.97 Å². The molecule has 4 atom stereocenters. The molecule has 0 spiro atoms. The van der Waals surface area contributed by atoms with Crippen molar-refractivity contribution >= 4 is 27.6 Å². The van der Waals surface area contributed by atoms with Crippen LogP contribution in [0.25, 0.3) is 10.3 Å². The number of nitrogen functional groups attached to an aromatic ring is 1. The summed E-state index contributed by atoms with van der Waals surface area (Å²) in [6, 6.07) is 0. The molecule has 0 radical (unpaired) electrons. The van der Waals surface area contributed by atoms with Gasteiger partial charge in [-0.05, 0) is 0 Å². The Balaban J connectivity index is 2.13. The molecule has 0 unspecified atom stereocenters. The van der Waals surface area contributed by atoms with Crippen molar-refractivity contribution in [1.82, 2.24) is 14.5 Å². The first-order chi connectivity index (χ1) is 9.52. The van der Waals surface area contributed by atoms with E-state index in [1.54, 1.807) is 0 Å². The van der Waals surface area contributed by atoms with Crippen LogP contribution in [0.2, 0.25) is 0 Å². The predicted octanol–water partition coefficient (Wildman–Crippen LogP) is -0.976. The van der Waals surface area contributed by atoms with Crippen molar-refractivity contribution in [1.29, 1.82) is 0 Å². The molecule has 3 rings (SSSR count). The quantitative estimate of drug-likeness (QED) is 0.651. The van der Waals surface area contributed by atoms with E-state index in [4.69, 9.17) is 15.6 Å². The second-order valence-electron chi connectivity index (χ2n) is 4.34. The molecule has 10 heteroatoms. The van der Waals surface area contributed by atoms with Gasteiger partial charge < -0.3 is 20.7 Å². The Bertz CT molecular complexity index is 704. The number of aliphatic hydroxyl groups excluding tert-OH is 2. The van der Waals surface area contributed by atoms with E-state index >= 15 is 0 Å². The Labute approximate surface area is 115 Å². The fourth-order valence-electron chi connectivity index (χ4n) is 2.14. The number of fused-ring (bicyclic) bond motifs is 1. The van der Waals surface area contributed by atoms with Crippen LogP contribution in [0.5, 0.6) is 0 Å². The van der Waals surface area contributed by atoms with Crippen molar-refractivity contribution in [2.75, 3.05) is 12.3 Å². The number of ether oxygens (including phenoxy) is 1. The molecule has 1 fully saturated rings. The molecule has 108 valence electrons. The first-order valence-electron chi connectivity index (χ1n) is 5.75. The van der Waals surface area contributed by atoms with Gasteiger partial charge >= 0.3 is 4.87 Å². The molecule has 1 saturated heterocycles. The van der Waals surface area contributed by atoms with Gasteiger partial charge in [0.2, 0.25) is 5.95 Å². The van der Waals surface area contributed by atoms with Crippen molar-refractivity contribution in [2.24, 2.45) is 0 Å². The lowest BCUT2D eigenvalue weighted by molar-refractivity contribution is -0.0503. The highest BCUT2D eigenvalue weighted by Crippen LogP contribution is 2.32. The summed E-state index contributed by atoms with van der Waals surface area (Å²) in [6.45, 7) is -0.595. The highest BCUT2D eigenvalue weighted by molar-refractivity contribution is 7.16. The van der Waals surface area contributed by atoms with Gasteiger partial charge in [-0.25, -0.2) is 9.37 Å². The highest BCUT2D eigenvalue weighted by Gasteiger charge is 2.46. The minimum absolute atomic E-state index is 0.0490. The van der Waals surface area contributed by atoms with E-state index in [0.29, 0.717) is 4.70 Å². The Morgan fingerprint density at radius 2 is 2.35 bits per heavy atom. The second-order valence-corrected chi connectivity index (χ2v) is 5.33. The summed E-state index contributed by atoms with van der Waals surface area (Å²) in [5.41, 5.74) is 5.63. The maximum Gasteiger partial charge on any atom is 0.311 e. The first kappa shape index (κ1) is 13.4. The molecule has 8 nitrogen and oxygen atoms in total. The molecule has 1 aliphatic heterocycles. The van der Waals surface area contributed by atoms with E-state index in [1.807, 2.05) is 0 Å². The zero-order valence-corrected chi connectivity index (χ0v) is 10.8. The second kappa shape index (κ2) is 4.74. The number of rotatable bonds is 2. The van der Waals surface area contributed by atoms with E-state index in [-0.39, 0.29) is 11.6 Å². The molecular formula is C10H11FN4O4S. The van der Waals surface area contributed by atoms with Crippen LogP contribution in [0.15, 0.2) is 11.0 Å². The molecule has 1 aliphatic rings. The smallest absolute Gasteiger partial charge is 0.311 e. The number of nitrogens with zero attached hydrogens (tertiary/aromatic N) is 3. The van der Waals surface area contributed by atoms with Gasteiger partial charge in [-0.15, -0.1) is 0 Å². The van der Waals surface area contributed by atoms with Gasteiger partial charge in [0.05, 0.1) is 17.5 Å². The zero-order valence-electron chi connectivity index (χ0n) is 10.0. The molecular weight excluding hydrogens is 291 g/mol. The van der Waals surface area contributed by atoms with Crippen molar-refractivity contribution in [3.63, 3.8) is 0 Å². The van der Waals surface area contributed by atoms with E-state index in [1.165, 1.54) is 6.20 Å². The van der Waals surface area contributed by atoms with E-state index in [0.717, 1.165) is 15.9 Å². The number of halogens is 1. The zero-order chi connectivity index (χ0) is 14.4. The van der Waals surface area contributed by atoms with E-state index in [9.17, 15) is 14.3 Å². The van der Waals surface area contributed by atoms with Gasteiger partial charge in [0.1, 0.15) is 12.2 Å². The maximum atomic E-state index is 13.7. The van der Waals surface area contributed by atoms with Crippen molar-refractivity contribution in [3.05, 3.63) is 15.9 Å². The topological polar surface area (TPSA) is 123 Å². The highest BCUT2D eigenvalue weighted by atomic mass is 32.1. The molecule has 0 aliphatic carbocycles. The third-order valence-electron chi connectivity index (χ3n) is 3.10. The molecule has 3 heterocycles. The van der Waals surface area contributed by atoms with Crippen LogP contribution in [-0.4, -0.2) is 49.7 Å². The lowest BCUT2D eigenvalue weighted by Crippen LogP contribution is -2.31. The Hall–Kier alpha value is -1.62. The van der Waals surface area contributed by atoms with Crippen molar-refractivity contribution in [3.8, 4) is 0 Å². The number of nitrogens with two attached hydrogens (primary N) is 1. The number of anilines is 1. The van der Waals surface area contributed by atoms with Crippen LogP contribution in [0, 0.1) is 0 Å². The first-order valence-corrected chi connectivity index (χ1v) is 6.56. The summed E-state index contributed by atoms with van der Waals surface area (Å²) in [4.78, 5) is 19.2. The SMILES string of the molecule is Nc1ncc2sc(=O)n([C@@H]3O[C@H](CO)[C@H](F)[C@H]3O)c2n1. The number of alkyl halides is 1. The molecule has 2 aromatic rings. The van der Waals surface area contributed by atoms with Crippen LogP contribution in [0.3, 0.4) is 0 Å².